The summed E-state index contributed by atoms with van der Waals surface area (Å²) >= 11 is 5.32. The number of rotatable bonds is 5. The van der Waals surface area contributed by atoms with Gasteiger partial charge in [0.25, 0.3) is 0 Å². The molecule has 0 saturated heterocycles. The third-order valence-electron chi connectivity index (χ3n) is 3.29. The van der Waals surface area contributed by atoms with Crippen LogP contribution in [-0.2, 0) is 6.54 Å². The molecule has 0 unspecified atom stereocenters. The highest BCUT2D eigenvalue weighted by molar-refractivity contribution is 7.71. The summed E-state index contributed by atoms with van der Waals surface area (Å²) in [5, 5.41) is 7.21. The molecule has 0 radical (unpaired) electrons. The molecule has 0 aromatic carbocycles. The number of H-pyrrole nitrogens is 1. The summed E-state index contributed by atoms with van der Waals surface area (Å²) in [5.74, 6) is 1.53. The molecule has 5 heteroatoms. The number of hydrogen-bond acceptors (Lipinski definition) is 3. The monoisotopic (exact) mass is 262 g/mol. The van der Waals surface area contributed by atoms with Crippen LogP contribution in [0.1, 0.15) is 26.7 Å². The molecular weight excluding hydrogens is 244 g/mol. The maximum Gasteiger partial charge on any atom is 0.195 e. The predicted octanol–water partition coefficient (Wildman–Crippen LogP) is 3.44. The van der Waals surface area contributed by atoms with E-state index in [-0.39, 0.29) is 0 Å². The second-order valence-electron chi connectivity index (χ2n) is 4.38. The molecule has 0 aliphatic carbocycles. The third-order valence-corrected chi connectivity index (χ3v) is 3.60. The zero-order valence-electron chi connectivity index (χ0n) is 10.8. The molecule has 2 heterocycles. The first-order chi connectivity index (χ1) is 8.76. The van der Waals surface area contributed by atoms with Crippen LogP contribution in [0, 0.1) is 10.7 Å². The first-order valence-electron chi connectivity index (χ1n) is 6.31. The van der Waals surface area contributed by atoms with Gasteiger partial charge in [0.1, 0.15) is 0 Å². The molecule has 1 N–H and O–H groups in total. The van der Waals surface area contributed by atoms with Crippen LogP contribution < -0.4 is 0 Å². The van der Waals surface area contributed by atoms with E-state index >= 15 is 0 Å². The first-order valence-corrected chi connectivity index (χ1v) is 6.72. The van der Waals surface area contributed by atoms with Gasteiger partial charge in [-0.2, -0.15) is 5.10 Å². The molecule has 0 fully saturated rings. The minimum Gasteiger partial charge on any atom is -0.300 e. The Hall–Kier alpha value is -1.49. The Balaban J connectivity index is 2.36. The summed E-state index contributed by atoms with van der Waals surface area (Å²) in [4.78, 5) is 4.03. The Morgan fingerprint density at radius 3 is 2.56 bits per heavy atom. The average molecular weight is 262 g/mol. The second kappa shape index (κ2) is 5.91. The van der Waals surface area contributed by atoms with E-state index in [1.807, 2.05) is 12.1 Å². The lowest BCUT2D eigenvalue weighted by Gasteiger charge is -2.14. The summed E-state index contributed by atoms with van der Waals surface area (Å²) < 4.78 is 2.77. The number of nitrogens with one attached hydrogen (secondary N) is 1. The Bertz CT molecular complexity index is 540. The van der Waals surface area contributed by atoms with Crippen LogP contribution in [0.25, 0.3) is 11.4 Å². The highest BCUT2D eigenvalue weighted by Crippen LogP contribution is 2.19. The highest BCUT2D eigenvalue weighted by atomic mass is 32.1. The molecule has 2 aromatic heterocycles. The molecule has 2 aromatic rings. The third kappa shape index (κ3) is 2.67. The molecule has 0 saturated carbocycles. The smallest absolute Gasteiger partial charge is 0.195 e. The Morgan fingerprint density at radius 2 is 1.94 bits per heavy atom. The lowest BCUT2D eigenvalue weighted by Crippen LogP contribution is -2.10. The van der Waals surface area contributed by atoms with E-state index in [0.717, 1.165) is 30.8 Å². The van der Waals surface area contributed by atoms with E-state index in [4.69, 9.17) is 12.2 Å². The van der Waals surface area contributed by atoms with Crippen molar-refractivity contribution in [1.29, 1.82) is 0 Å². The molecule has 0 aliphatic heterocycles. The van der Waals surface area contributed by atoms with Gasteiger partial charge in [-0.25, -0.2) is 0 Å². The van der Waals surface area contributed by atoms with E-state index in [1.165, 1.54) is 0 Å². The number of pyridine rings is 1. The first kappa shape index (κ1) is 13.0. The summed E-state index contributed by atoms with van der Waals surface area (Å²) in [5.41, 5.74) is 1.04. The summed E-state index contributed by atoms with van der Waals surface area (Å²) in [6.07, 6.45) is 5.85. The molecule has 18 heavy (non-hydrogen) atoms. The normalized spacial score (nSPS) is 11.1. The van der Waals surface area contributed by atoms with Crippen molar-refractivity contribution in [3.63, 3.8) is 0 Å². The van der Waals surface area contributed by atoms with Gasteiger partial charge in [-0.05, 0) is 30.3 Å². The SMILES string of the molecule is CCC(CC)Cn1c(-c2ccncc2)n[nH]c1=S. The molecule has 4 nitrogen and oxygen atoms in total. The average Bonchev–Trinajstić information content (AvgIpc) is 2.78. The van der Waals surface area contributed by atoms with Crippen LogP contribution in [0.2, 0.25) is 0 Å². The van der Waals surface area contributed by atoms with E-state index in [1.54, 1.807) is 12.4 Å². The van der Waals surface area contributed by atoms with Gasteiger partial charge < -0.3 is 0 Å². The van der Waals surface area contributed by atoms with E-state index in [9.17, 15) is 0 Å². The Kier molecular flexibility index (Phi) is 4.25. The maximum absolute atomic E-state index is 5.32. The lowest BCUT2D eigenvalue weighted by atomic mass is 10.0. The number of aromatic amines is 1. The van der Waals surface area contributed by atoms with Gasteiger partial charge in [-0.1, -0.05) is 26.7 Å². The van der Waals surface area contributed by atoms with Gasteiger partial charge in [0.2, 0.25) is 0 Å². The molecule has 0 atom stereocenters. The minimum absolute atomic E-state index is 0.634. The van der Waals surface area contributed by atoms with Crippen LogP contribution in [0.15, 0.2) is 24.5 Å². The van der Waals surface area contributed by atoms with Gasteiger partial charge in [0, 0.05) is 24.5 Å². The van der Waals surface area contributed by atoms with Crippen molar-refractivity contribution in [3.8, 4) is 11.4 Å². The molecule has 0 bridgehead atoms. The topological polar surface area (TPSA) is 46.5 Å². The molecule has 96 valence electrons. The van der Waals surface area contributed by atoms with E-state index in [0.29, 0.717) is 10.7 Å². The van der Waals surface area contributed by atoms with E-state index in [2.05, 4.69) is 33.6 Å². The fourth-order valence-corrected chi connectivity index (χ4v) is 2.22. The van der Waals surface area contributed by atoms with Gasteiger partial charge in [-0.3, -0.25) is 14.6 Å². The van der Waals surface area contributed by atoms with Gasteiger partial charge in [0.15, 0.2) is 10.6 Å². The van der Waals surface area contributed by atoms with Crippen molar-refractivity contribution in [2.45, 2.75) is 33.2 Å². The summed E-state index contributed by atoms with van der Waals surface area (Å²) in [6.45, 7) is 5.34. The molecule has 2 rings (SSSR count). The van der Waals surface area contributed by atoms with Crippen LogP contribution in [0.5, 0.6) is 0 Å². The van der Waals surface area contributed by atoms with Crippen LogP contribution in [-0.4, -0.2) is 19.7 Å². The van der Waals surface area contributed by atoms with Crippen LogP contribution in [0.3, 0.4) is 0 Å². The van der Waals surface area contributed by atoms with Crippen molar-refractivity contribution in [1.82, 2.24) is 19.7 Å². The standard InChI is InChI=1S/C13H18N4S/c1-3-10(4-2)9-17-12(15-16-13(17)18)11-5-7-14-8-6-11/h5-8,10H,3-4,9H2,1-2H3,(H,16,18). The Morgan fingerprint density at radius 1 is 1.28 bits per heavy atom. The minimum atomic E-state index is 0.634. The van der Waals surface area contributed by atoms with E-state index < -0.39 is 0 Å². The van der Waals surface area contributed by atoms with Crippen molar-refractivity contribution in [2.24, 2.45) is 5.92 Å². The number of aromatic nitrogens is 4. The van der Waals surface area contributed by atoms with Crippen LogP contribution >= 0.6 is 12.2 Å². The fraction of sp³-hybridized carbons (Fsp3) is 0.462. The summed E-state index contributed by atoms with van der Waals surface area (Å²) in [6, 6.07) is 3.91. The second-order valence-corrected chi connectivity index (χ2v) is 4.77. The van der Waals surface area contributed by atoms with Crippen molar-refractivity contribution in [2.75, 3.05) is 0 Å². The lowest BCUT2D eigenvalue weighted by molar-refractivity contribution is 0.418. The molecule has 0 amide bonds. The van der Waals surface area contributed by atoms with Gasteiger partial charge in [-0.15, -0.1) is 0 Å². The van der Waals surface area contributed by atoms with Crippen molar-refractivity contribution >= 4 is 12.2 Å². The number of nitrogens with zero attached hydrogens (tertiary/aromatic N) is 3. The van der Waals surface area contributed by atoms with Crippen LogP contribution in [0.4, 0.5) is 0 Å². The largest absolute Gasteiger partial charge is 0.300 e. The highest BCUT2D eigenvalue weighted by Gasteiger charge is 2.12. The quantitative estimate of drug-likeness (QED) is 0.840. The zero-order chi connectivity index (χ0) is 13.0. The van der Waals surface area contributed by atoms with Gasteiger partial charge >= 0.3 is 0 Å². The van der Waals surface area contributed by atoms with Gasteiger partial charge in [0.05, 0.1) is 0 Å². The zero-order valence-corrected chi connectivity index (χ0v) is 11.6. The fourth-order valence-electron chi connectivity index (χ4n) is 2.01. The van der Waals surface area contributed by atoms with Crippen molar-refractivity contribution in [3.05, 3.63) is 29.3 Å². The molecular formula is C13H18N4S. The maximum atomic E-state index is 5.32. The predicted molar refractivity (Wildman–Crippen MR) is 74.7 cm³/mol. The van der Waals surface area contributed by atoms with Crippen molar-refractivity contribution < 1.29 is 0 Å². The molecule has 0 aliphatic rings. The molecule has 0 spiro atoms. The number of hydrogen-bond donors (Lipinski definition) is 1. The Labute approximate surface area is 112 Å². The summed E-state index contributed by atoms with van der Waals surface area (Å²) in [7, 11) is 0.